The summed E-state index contributed by atoms with van der Waals surface area (Å²) in [6, 6.07) is 4.22. The average Bonchev–Trinajstić information content (AvgIpc) is 2.21. The molecule has 0 atom stereocenters. The van der Waals surface area contributed by atoms with Crippen molar-refractivity contribution in [1.82, 2.24) is 4.98 Å². The average molecular weight is 257 g/mol. The second-order valence-electron chi connectivity index (χ2n) is 3.26. The molecule has 1 aromatic carbocycles. The molecule has 6 heteroatoms. The van der Waals surface area contributed by atoms with Crippen molar-refractivity contribution in [1.29, 1.82) is 0 Å². The highest BCUT2D eigenvalue weighted by atomic mass is 35.5. The lowest BCUT2D eigenvalue weighted by molar-refractivity contribution is 0.452. The second-order valence-corrected chi connectivity index (χ2v) is 3.67. The van der Waals surface area contributed by atoms with Gasteiger partial charge in [0.1, 0.15) is 22.4 Å². The van der Waals surface area contributed by atoms with E-state index in [-0.39, 0.29) is 16.7 Å². The van der Waals surface area contributed by atoms with Crippen LogP contribution in [0.15, 0.2) is 30.5 Å². The van der Waals surface area contributed by atoms with Gasteiger partial charge in [-0.05, 0) is 6.07 Å². The van der Waals surface area contributed by atoms with Crippen molar-refractivity contribution in [3.05, 3.63) is 47.1 Å². The third-order valence-electron chi connectivity index (χ3n) is 1.88. The van der Waals surface area contributed by atoms with Crippen LogP contribution in [0.2, 0.25) is 5.02 Å². The fraction of sp³-hybridized carbons (Fsp3) is 0. The minimum Gasteiger partial charge on any atom is -0.437 e. The van der Waals surface area contributed by atoms with E-state index < -0.39 is 11.6 Å². The molecule has 17 heavy (non-hydrogen) atoms. The Morgan fingerprint density at radius 3 is 2.35 bits per heavy atom. The van der Waals surface area contributed by atoms with E-state index in [1.165, 1.54) is 12.3 Å². The molecular formula is C11H7ClF2N2O. The van der Waals surface area contributed by atoms with Gasteiger partial charge in [0.2, 0.25) is 5.88 Å². The standard InChI is InChI=1S/C11H7ClF2N2O/c12-10-4-8(15)5-16-11(10)17-9-2-6(13)1-7(14)3-9/h1-5H,15H2. The molecule has 0 radical (unpaired) electrons. The van der Waals surface area contributed by atoms with Crippen molar-refractivity contribution in [3.8, 4) is 11.6 Å². The molecule has 2 rings (SSSR count). The maximum absolute atomic E-state index is 12.9. The lowest BCUT2D eigenvalue weighted by Crippen LogP contribution is -1.93. The second kappa shape index (κ2) is 4.55. The number of nitrogen functional groups attached to an aromatic ring is 1. The molecule has 1 heterocycles. The first kappa shape index (κ1) is 11.6. The van der Waals surface area contributed by atoms with E-state index >= 15 is 0 Å². The highest BCUT2D eigenvalue weighted by molar-refractivity contribution is 6.32. The van der Waals surface area contributed by atoms with Crippen LogP contribution in [0.1, 0.15) is 0 Å². The molecule has 3 nitrogen and oxygen atoms in total. The van der Waals surface area contributed by atoms with E-state index in [9.17, 15) is 8.78 Å². The Morgan fingerprint density at radius 1 is 1.12 bits per heavy atom. The summed E-state index contributed by atoms with van der Waals surface area (Å²) in [4.78, 5) is 3.81. The molecule has 0 fully saturated rings. The van der Waals surface area contributed by atoms with Gasteiger partial charge in [-0.2, -0.15) is 0 Å². The quantitative estimate of drug-likeness (QED) is 0.896. The minimum atomic E-state index is -0.744. The van der Waals surface area contributed by atoms with Crippen LogP contribution in [0.4, 0.5) is 14.5 Å². The van der Waals surface area contributed by atoms with Crippen LogP contribution in [-0.4, -0.2) is 4.98 Å². The zero-order chi connectivity index (χ0) is 12.4. The molecular weight excluding hydrogens is 250 g/mol. The van der Waals surface area contributed by atoms with Gasteiger partial charge in [-0.1, -0.05) is 11.6 Å². The van der Waals surface area contributed by atoms with Gasteiger partial charge in [0.25, 0.3) is 0 Å². The largest absolute Gasteiger partial charge is 0.437 e. The molecule has 0 amide bonds. The molecule has 0 saturated carbocycles. The molecule has 0 unspecified atom stereocenters. The van der Waals surface area contributed by atoms with Crippen molar-refractivity contribution in [2.75, 3.05) is 5.73 Å². The number of halogens is 3. The number of nitrogens with two attached hydrogens (primary N) is 1. The Kier molecular flexibility index (Phi) is 3.10. The third kappa shape index (κ3) is 2.82. The van der Waals surface area contributed by atoms with E-state index in [1.54, 1.807) is 0 Å². The highest BCUT2D eigenvalue weighted by Gasteiger charge is 2.07. The number of ether oxygens (including phenoxy) is 1. The monoisotopic (exact) mass is 256 g/mol. The maximum atomic E-state index is 12.9. The first-order valence-electron chi connectivity index (χ1n) is 4.59. The highest BCUT2D eigenvalue weighted by Crippen LogP contribution is 2.28. The molecule has 0 aliphatic rings. The van der Waals surface area contributed by atoms with E-state index in [0.29, 0.717) is 5.69 Å². The smallest absolute Gasteiger partial charge is 0.238 e. The van der Waals surface area contributed by atoms with Crippen LogP contribution in [0.3, 0.4) is 0 Å². The van der Waals surface area contributed by atoms with Gasteiger partial charge in [-0.25, -0.2) is 13.8 Å². The van der Waals surface area contributed by atoms with Gasteiger partial charge in [-0.3, -0.25) is 0 Å². The van der Waals surface area contributed by atoms with Gasteiger partial charge >= 0.3 is 0 Å². The molecule has 0 saturated heterocycles. The van der Waals surface area contributed by atoms with Crippen molar-refractivity contribution < 1.29 is 13.5 Å². The van der Waals surface area contributed by atoms with Gasteiger partial charge in [0.15, 0.2) is 0 Å². The summed E-state index contributed by atoms with van der Waals surface area (Å²) < 4.78 is 31.0. The summed E-state index contributed by atoms with van der Waals surface area (Å²) in [6.45, 7) is 0. The predicted molar refractivity (Wildman–Crippen MR) is 60.1 cm³/mol. The van der Waals surface area contributed by atoms with Crippen LogP contribution in [0.25, 0.3) is 0 Å². The first-order valence-corrected chi connectivity index (χ1v) is 4.97. The fourth-order valence-corrected chi connectivity index (χ4v) is 1.43. The van der Waals surface area contributed by atoms with Crippen LogP contribution in [0.5, 0.6) is 11.6 Å². The molecule has 0 aliphatic carbocycles. The predicted octanol–water partition coefficient (Wildman–Crippen LogP) is 3.39. The number of anilines is 1. The lowest BCUT2D eigenvalue weighted by Gasteiger charge is -2.06. The Balaban J connectivity index is 2.31. The summed E-state index contributed by atoms with van der Waals surface area (Å²) in [6.07, 6.45) is 1.33. The number of nitrogens with zero attached hydrogens (tertiary/aromatic N) is 1. The zero-order valence-electron chi connectivity index (χ0n) is 8.45. The normalized spacial score (nSPS) is 10.3. The molecule has 0 aliphatic heterocycles. The van der Waals surface area contributed by atoms with E-state index in [4.69, 9.17) is 22.1 Å². The van der Waals surface area contributed by atoms with Crippen LogP contribution in [0, 0.1) is 11.6 Å². The summed E-state index contributed by atoms with van der Waals surface area (Å²) in [5, 5.41) is 0.162. The third-order valence-corrected chi connectivity index (χ3v) is 2.15. The number of hydrogen-bond donors (Lipinski definition) is 1. The Hall–Kier alpha value is -1.88. The number of hydrogen-bond acceptors (Lipinski definition) is 3. The van der Waals surface area contributed by atoms with Gasteiger partial charge in [0, 0.05) is 18.2 Å². The number of pyridine rings is 1. The Bertz CT molecular complexity index is 543. The molecule has 2 aromatic rings. The van der Waals surface area contributed by atoms with Gasteiger partial charge in [0.05, 0.1) is 11.9 Å². The van der Waals surface area contributed by atoms with Crippen molar-refractivity contribution in [2.45, 2.75) is 0 Å². The number of benzene rings is 1. The van der Waals surface area contributed by atoms with Crippen LogP contribution >= 0.6 is 11.6 Å². The SMILES string of the molecule is Nc1cnc(Oc2cc(F)cc(F)c2)c(Cl)c1. The molecule has 88 valence electrons. The van der Waals surface area contributed by atoms with E-state index in [1.807, 2.05) is 0 Å². The number of rotatable bonds is 2. The summed E-state index contributed by atoms with van der Waals surface area (Å²) in [5.74, 6) is -1.48. The lowest BCUT2D eigenvalue weighted by atomic mass is 10.3. The van der Waals surface area contributed by atoms with Crippen molar-refractivity contribution >= 4 is 17.3 Å². The Morgan fingerprint density at radius 2 is 1.76 bits per heavy atom. The zero-order valence-corrected chi connectivity index (χ0v) is 9.21. The van der Waals surface area contributed by atoms with Gasteiger partial charge < -0.3 is 10.5 Å². The van der Waals surface area contributed by atoms with Gasteiger partial charge in [-0.15, -0.1) is 0 Å². The molecule has 2 N–H and O–H groups in total. The minimum absolute atomic E-state index is 0.0262. The van der Waals surface area contributed by atoms with E-state index in [2.05, 4.69) is 4.98 Å². The van der Waals surface area contributed by atoms with Crippen LogP contribution < -0.4 is 10.5 Å². The molecule has 1 aromatic heterocycles. The molecule has 0 spiro atoms. The topological polar surface area (TPSA) is 48.1 Å². The van der Waals surface area contributed by atoms with Crippen LogP contribution in [-0.2, 0) is 0 Å². The Labute approximate surface area is 101 Å². The summed E-state index contributed by atoms with van der Waals surface area (Å²) in [5.41, 5.74) is 5.81. The summed E-state index contributed by atoms with van der Waals surface area (Å²) >= 11 is 5.80. The fourth-order valence-electron chi connectivity index (χ4n) is 1.21. The summed E-state index contributed by atoms with van der Waals surface area (Å²) in [7, 11) is 0. The first-order chi connectivity index (χ1) is 8.04. The van der Waals surface area contributed by atoms with Crippen molar-refractivity contribution in [3.63, 3.8) is 0 Å². The number of aromatic nitrogens is 1. The maximum Gasteiger partial charge on any atom is 0.238 e. The van der Waals surface area contributed by atoms with Crippen molar-refractivity contribution in [2.24, 2.45) is 0 Å². The molecule has 0 bridgehead atoms. The van der Waals surface area contributed by atoms with E-state index in [0.717, 1.165) is 18.2 Å².